The molecule has 2 aromatic rings. The van der Waals surface area contributed by atoms with Crippen LogP contribution in [0.1, 0.15) is 12.5 Å². The molecular formula is C20H18N2O2S. The maximum atomic E-state index is 12.0. The quantitative estimate of drug-likeness (QED) is 0.806. The molecule has 25 heavy (non-hydrogen) atoms. The molecule has 0 aromatic heterocycles. The number of hydrogen-bond donors (Lipinski definition) is 1. The van der Waals surface area contributed by atoms with Gasteiger partial charge in [0.25, 0.3) is 5.91 Å². The molecule has 1 aliphatic rings. The van der Waals surface area contributed by atoms with Gasteiger partial charge >= 0.3 is 0 Å². The summed E-state index contributed by atoms with van der Waals surface area (Å²) in [4.78, 5) is 17.1. The number of rotatable bonds is 5. The third-order valence-electron chi connectivity index (χ3n) is 3.37. The van der Waals surface area contributed by atoms with Crippen LogP contribution in [0.25, 0.3) is 6.08 Å². The van der Waals surface area contributed by atoms with Crippen LogP contribution in [0.5, 0.6) is 5.75 Å². The normalized spacial score (nSPS) is 17.4. The Morgan fingerprint density at radius 2 is 1.88 bits per heavy atom. The largest absolute Gasteiger partial charge is 0.494 e. The lowest BCUT2D eigenvalue weighted by Gasteiger charge is -2.02. The molecule has 1 fully saturated rings. The topological polar surface area (TPSA) is 50.7 Å². The average molecular weight is 350 g/mol. The fourth-order valence-corrected chi connectivity index (χ4v) is 3.00. The van der Waals surface area contributed by atoms with Gasteiger partial charge in [-0.15, -0.1) is 0 Å². The van der Waals surface area contributed by atoms with Crippen LogP contribution in [0.4, 0.5) is 5.69 Å². The Hall–Kier alpha value is -2.79. The number of amides is 1. The number of allylic oxidation sites excluding steroid dienone is 2. The number of benzene rings is 2. The van der Waals surface area contributed by atoms with E-state index in [-0.39, 0.29) is 5.91 Å². The molecule has 2 aromatic carbocycles. The number of thioether (sulfide) groups is 1. The van der Waals surface area contributed by atoms with E-state index in [2.05, 4.69) is 10.3 Å². The van der Waals surface area contributed by atoms with E-state index in [1.165, 1.54) is 11.8 Å². The lowest BCUT2D eigenvalue weighted by Crippen LogP contribution is -2.19. The van der Waals surface area contributed by atoms with Gasteiger partial charge in [0.1, 0.15) is 5.75 Å². The van der Waals surface area contributed by atoms with Crippen LogP contribution in [-0.4, -0.2) is 17.7 Å². The second-order valence-electron chi connectivity index (χ2n) is 5.20. The van der Waals surface area contributed by atoms with Gasteiger partial charge in [0.2, 0.25) is 0 Å². The summed E-state index contributed by atoms with van der Waals surface area (Å²) in [5, 5.41) is 3.36. The summed E-state index contributed by atoms with van der Waals surface area (Å²) in [6, 6.07) is 17.4. The Bertz CT molecular complexity index is 825. The van der Waals surface area contributed by atoms with Crippen molar-refractivity contribution < 1.29 is 9.53 Å². The predicted octanol–water partition coefficient (Wildman–Crippen LogP) is 4.53. The first-order chi connectivity index (χ1) is 12.2. The zero-order valence-electron chi connectivity index (χ0n) is 13.8. The molecule has 0 saturated carbocycles. The first kappa shape index (κ1) is 17.0. The van der Waals surface area contributed by atoms with Crippen molar-refractivity contribution in [3.63, 3.8) is 0 Å². The van der Waals surface area contributed by atoms with Gasteiger partial charge < -0.3 is 10.1 Å². The zero-order valence-corrected chi connectivity index (χ0v) is 14.6. The van der Waals surface area contributed by atoms with Crippen LogP contribution < -0.4 is 10.1 Å². The first-order valence-electron chi connectivity index (χ1n) is 7.99. The third kappa shape index (κ3) is 4.84. The molecule has 0 unspecified atom stereocenters. The highest BCUT2D eigenvalue weighted by molar-refractivity contribution is 8.18. The van der Waals surface area contributed by atoms with Gasteiger partial charge in [-0.05, 0) is 54.6 Å². The fourth-order valence-electron chi connectivity index (χ4n) is 2.21. The molecule has 3 rings (SSSR count). The Labute approximate surface area is 151 Å². The van der Waals surface area contributed by atoms with Crippen LogP contribution in [0, 0.1) is 0 Å². The molecule has 126 valence electrons. The second kappa shape index (κ2) is 8.35. The van der Waals surface area contributed by atoms with Crippen LogP contribution in [0.3, 0.4) is 0 Å². The van der Waals surface area contributed by atoms with E-state index in [0.29, 0.717) is 16.7 Å². The van der Waals surface area contributed by atoms with Crippen molar-refractivity contribution in [2.24, 2.45) is 4.99 Å². The molecule has 0 radical (unpaired) electrons. The van der Waals surface area contributed by atoms with Crippen LogP contribution in [0.2, 0.25) is 0 Å². The number of ether oxygens (including phenoxy) is 1. The van der Waals surface area contributed by atoms with Crippen LogP contribution >= 0.6 is 11.8 Å². The predicted molar refractivity (Wildman–Crippen MR) is 104 cm³/mol. The van der Waals surface area contributed by atoms with Gasteiger partial charge in [0.05, 0.1) is 17.2 Å². The summed E-state index contributed by atoms with van der Waals surface area (Å²) in [7, 11) is 0. The van der Waals surface area contributed by atoms with Gasteiger partial charge in [0, 0.05) is 0 Å². The van der Waals surface area contributed by atoms with Gasteiger partial charge in [-0.1, -0.05) is 42.5 Å². The van der Waals surface area contributed by atoms with E-state index in [4.69, 9.17) is 4.74 Å². The number of nitrogens with zero attached hydrogens (tertiary/aromatic N) is 1. The highest BCUT2D eigenvalue weighted by Gasteiger charge is 2.23. The highest BCUT2D eigenvalue weighted by Crippen LogP contribution is 2.27. The summed E-state index contributed by atoms with van der Waals surface area (Å²) in [6.07, 6.45) is 5.63. The first-order valence-corrected chi connectivity index (χ1v) is 8.80. The van der Waals surface area contributed by atoms with Gasteiger partial charge in [-0.25, -0.2) is 4.99 Å². The van der Waals surface area contributed by atoms with Crippen molar-refractivity contribution in [2.75, 3.05) is 6.61 Å². The van der Waals surface area contributed by atoms with Gasteiger partial charge in [-0.2, -0.15) is 0 Å². The lowest BCUT2D eigenvalue weighted by atomic mass is 10.2. The average Bonchev–Trinajstić information content (AvgIpc) is 2.97. The Balaban J connectivity index is 1.67. The van der Waals surface area contributed by atoms with Crippen molar-refractivity contribution in [3.8, 4) is 5.75 Å². The van der Waals surface area contributed by atoms with Crippen LogP contribution in [-0.2, 0) is 4.79 Å². The maximum absolute atomic E-state index is 12.0. The monoisotopic (exact) mass is 350 g/mol. The molecule has 1 N–H and O–H groups in total. The summed E-state index contributed by atoms with van der Waals surface area (Å²) in [5.74, 6) is 0.675. The van der Waals surface area contributed by atoms with Crippen molar-refractivity contribution in [2.45, 2.75) is 6.92 Å². The minimum Gasteiger partial charge on any atom is -0.494 e. The van der Waals surface area contributed by atoms with Crippen molar-refractivity contribution in [3.05, 3.63) is 77.2 Å². The van der Waals surface area contributed by atoms with Crippen molar-refractivity contribution in [1.29, 1.82) is 0 Å². The molecule has 5 heteroatoms. The molecule has 0 bridgehead atoms. The number of hydrogen-bond acceptors (Lipinski definition) is 4. The Morgan fingerprint density at radius 1 is 1.12 bits per heavy atom. The number of amidine groups is 1. The van der Waals surface area contributed by atoms with Gasteiger partial charge in [-0.3, -0.25) is 4.79 Å². The zero-order chi connectivity index (χ0) is 17.5. The minimum absolute atomic E-state index is 0.132. The van der Waals surface area contributed by atoms with E-state index in [9.17, 15) is 4.79 Å². The molecule has 1 amide bonds. The summed E-state index contributed by atoms with van der Waals surface area (Å²) < 4.78 is 5.41. The molecule has 1 heterocycles. The third-order valence-corrected chi connectivity index (χ3v) is 4.29. The molecule has 1 aliphatic heterocycles. The number of aliphatic imine (C=N–C) groups is 1. The molecular weight excluding hydrogens is 332 g/mol. The summed E-state index contributed by atoms with van der Waals surface area (Å²) >= 11 is 1.33. The van der Waals surface area contributed by atoms with Gasteiger partial charge in [0.15, 0.2) is 5.17 Å². The molecule has 0 atom stereocenters. The molecule has 0 aliphatic carbocycles. The fraction of sp³-hybridized carbons (Fsp3) is 0.100. The SMILES string of the molecule is CCOc1ccc(N=C2NC(=O)C(=CC=Cc3ccccc3)S2)cc1. The van der Waals surface area contributed by atoms with E-state index in [1.807, 2.05) is 73.7 Å². The van der Waals surface area contributed by atoms with Crippen molar-refractivity contribution in [1.82, 2.24) is 5.32 Å². The smallest absolute Gasteiger partial charge is 0.264 e. The second-order valence-corrected chi connectivity index (χ2v) is 6.23. The standard InChI is InChI=1S/C20H18N2O2S/c1-2-24-17-13-11-16(12-14-17)21-20-22-19(23)18(25-20)10-6-9-15-7-4-3-5-8-15/h3-14H,2H2,1H3,(H,21,22,23). The molecule has 4 nitrogen and oxygen atoms in total. The lowest BCUT2D eigenvalue weighted by molar-refractivity contribution is -0.115. The Morgan fingerprint density at radius 3 is 2.60 bits per heavy atom. The van der Waals surface area contributed by atoms with Crippen molar-refractivity contribution >= 4 is 34.6 Å². The maximum Gasteiger partial charge on any atom is 0.264 e. The Kier molecular flexibility index (Phi) is 5.69. The number of carbonyl (C=O) groups is 1. The van der Waals surface area contributed by atoms with E-state index < -0.39 is 0 Å². The highest BCUT2D eigenvalue weighted by atomic mass is 32.2. The minimum atomic E-state index is -0.132. The number of nitrogens with one attached hydrogen (secondary N) is 1. The summed E-state index contributed by atoms with van der Waals surface area (Å²) in [6.45, 7) is 2.57. The van der Waals surface area contributed by atoms with E-state index >= 15 is 0 Å². The van der Waals surface area contributed by atoms with Crippen LogP contribution in [0.15, 0.2) is 76.6 Å². The summed E-state index contributed by atoms with van der Waals surface area (Å²) in [5.41, 5.74) is 1.86. The number of carbonyl (C=O) groups excluding carboxylic acids is 1. The molecule has 0 spiro atoms. The van der Waals surface area contributed by atoms with E-state index in [0.717, 1.165) is 17.0 Å². The van der Waals surface area contributed by atoms with E-state index in [1.54, 1.807) is 6.08 Å². The molecule has 1 saturated heterocycles.